The largest absolute Gasteiger partial charge is 0.455 e. The summed E-state index contributed by atoms with van der Waals surface area (Å²) in [6, 6.07) is 12.9. The van der Waals surface area contributed by atoms with Crippen molar-refractivity contribution < 1.29 is 27.7 Å². The molecular weight excluding hydrogens is 593 g/mol. The molecule has 10 aromatic rings. The molecule has 0 saturated heterocycles. The van der Waals surface area contributed by atoms with Gasteiger partial charge >= 0.3 is 0 Å². The van der Waals surface area contributed by atoms with Crippen LogP contribution in [-0.4, -0.2) is 0 Å². The fourth-order valence-corrected chi connectivity index (χ4v) is 6.66. The number of hydrogen-bond acceptors (Lipinski definition) is 1. The van der Waals surface area contributed by atoms with E-state index in [-0.39, 0.29) is 21.7 Å². The van der Waals surface area contributed by atoms with Crippen LogP contribution in [-0.2, 0) is 0 Å². The van der Waals surface area contributed by atoms with E-state index < -0.39 is 142 Å². The molecule has 0 aliphatic carbocycles. The monoisotopic (exact) mass is 639 g/mol. The van der Waals surface area contributed by atoms with Crippen LogP contribution in [0.15, 0.2) is 186 Å². The van der Waals surface area contributed by atoms with Gasteiger partial charge in [-0.3, -0.25) is 0 Å². The lowest BCUT2D eigenvalue weighted by Gasteiger charge is -2.18. The molecule has 0 atom stereocenters. The van der Waals surface area contributed by atoms with Gasteiger partial charge in [-0.05, 0) is 89.4 Å². The second-order valence-corrected chi connectivity index (χ2v) is 11.5. The Morgan fingerprint density at radius 1 is 0.388 bits per heavy atom. The molecule has 1 heterocycles. The quantitative estimate of drug-likeness (QED) is 0.175. The highest BCUT2D eigenvalue weighted by atomic mass is 16.3. The van der Waals surface area contributed by atoms with Gasteiger partial charge in [0, 0.05) is 16.3 Å². The Morgan fingerprint density at radius 3 is 1.65 bits per heavy atom. The van der Waals surface area contributed by atoms with Crippen LogP contribution in [0.4, 0.5) is 0 Å². The van der Waals surface area contributed by atoms with Gasteiger partial charge in [0.2, 0.25) is 0 Å². The maximum atomic E-state index is 9.74. The van der Waals surface area contributed by atoms with Crippen molar-refractivity contribution >= 4 is 54.3 Å². The van der Waals surface area contributed by atoms with Crippen LogP contribution in [0.2, 0.25) is 0 Å². The molecule has 49 heavy (non-hydrogen) atoms. The molecule has 0 aliphatic rings. The fourth-order valence-electron chi connectivity index (χ4n) is 6.66. The maximum absolute atomic E-state index is 9.74. The predicted octanol–water partition coefficient (Wildman–Crippen LogP) is 13.7. The first-order valence-electron chi connectivity index (χ1n) is 24.0. The van der Waals surface area contributed by atoms with Gasteiger partial charge in [0.15, 0.2) is 0 Å². The Balaban J connectivity index is 1.33. The molecule has 228 valence electrons. The topological polar surface area (TPSA) is 13.1 Å². The van der Waals surface area contributed by atoms with Crippen molar-refractivity contribution in [2.45, 2.75) is 0 Å². The van der Waals surface area contributed by atoms with Crippen molar-refractivity contribution in [1.82, 2.24) is 0 Å². The van der Waals surface area contributed by atoms with Crippen LogP contribution in [0.3, 0.4) is 0 Å². The summed E-state index contributed by atoms with van der Waals surface area (Å²) >= 11 is 0. The van der Waals surface area contributed by atoms with E-state index in [0.717, 1.165) is 21.9 Å². The Morgan fingerprint density at radius 2 is 0.959 bits per heavy atom. The summed E-state index contributed by atoms with van der Waals surface area (Å²) in [5, 5.41) is 1.46. The van der Waals surface area contributed by atoms with Gasteiger partial charge in [-0.2, -0.15) is 0 Å². The van der Waals surface area contributed by atoms with Gasteiger partial charge in [0.25, 0.3) is 0 Å². The summed E-state index contributed by atoms with van der Waals surface area (Å²) in [6.07, 6.45) is 0. The van der Waals surface area contributed by atoms with Gasteiger partial charge in [-0.25, -0.2) is 0 Å². The molecule has 1 aromatic heterocycles. The molecule has 9 aromatic carbocycles. The lowest BCUT2D eigenvalue weighted by molar-refractivity contribution is 0.670. The van der Waals surface area contributed by atoms with Gasteiger partial charge in [0.1, 0.15) is 11.2 Å². The van der Waals surface area contributed by atoms with E-state index in [2.05, 4.69) is 0 Å². The highest BCUT2D eigenvalue weighted by molar-refractivity contribution is 6.22. The zero-order chi connectivity index (χ0) is 47.1. The number of fused-ring (bicyclic) bond motifs is 6. The standard InChI is InChI=1S/C48H30O/c1-3-13-31(14-4-1)38-22-11-23-43-47-37(21-12-24-44(47)49-48(38)43)35-27-25-34-30-36(28-26-33(34)29-35)46-41-19-9-7-17-39(41)45(32-15-5-2-6-16-32)40-18-8-10-20-42(40)46/h1-30H/i1D,3D,4D,11D,12D,13D,14D,21D,22D,23D,24D,25D,26D,27D,28D,29D,30D. The molecule has 0 fully saturated rings. The third-order valence-electron chi connectivity index (χ3n) is 8.74. The Hall–Kier alpha value is -6.44. The highest BCUT2D eigenvalue weighted by Gasteiger charge is 2.18. The number of furan rings is 1. The van der Waals surface area contributed by atoms with Gasteiger partial charge in [0.05, 0.1) is 23.3 Å². The van der Waals surface area contributed by atoms with E-state index in [1.165, 1.54) is 0 Å². The van der Waals surface area contributed by atoms with Crippen molar-refractivity contribution in [1.29, 1.82) is 0 Å². The maximum Gasteiger partial charge on any atom is 0.143 e. The SMILES string of the molecule is [2H]c1c([2H])c([2H])c(-c2c([2H])c([2H])c([2H])c3c2oc2c([2H])c([2H])c([2H])c(-c4c([2H])c([2H])c5c([2H])c(-c6c7ccccc7c(-c7ccccc7)c7ccccc67)c([2H])c([2H])c5c4[2H])c23)c([2H])c1[2H]. The van der Waals surface area contributed by atoms with Crippen LogP contribution >= 0.6 is 0 Å². The van der Waals surface area contributed by atoms with Gasteiger partial charge < -0.3 is 4.42 Å². The summed E-state index contributed by atoms with van der Waals surface area (Å²) in [5.74, 6) is 0. The minimum Gasteiger partial charge on any atom is -0.455 e. The molecule has 0 radical (unpaired) electrons. The Labute approximate surface area is 308 Å². The van der Waals surface area contributed by atoms with Crippen LogP contribution in [0.5, 0.6) is 0 Å². The fraction of sp³-hybridized carbons (Fsp3) is 0. The van der Waals surface area contributed by atoms with Crippen LogP contribution in [0, 0.1) is 0 Å². The normalized spacial score (nSPS) is 16.5. The van der Waals surface area contributed by atoms with Gasteiger partial charge in [-0.1, -0.05) is 163 Å². The average molecular weight is 640 g/mol. The van der Waals surface area contributed by atoms with Crippen LogP contribution in [0.1, 0.15) is 23.3 Å². The van der Waals surface area contributed by atoms with E-state index in [1.807, 2.05) is 78.9 Å². The van der Waals surface area contributed by atoms with E-state index >= 15 is 0 Å². The summed E-state index contributed by atoms with van der Waals surface area (Å²) in [7, 11) is 0. The molecule has 0 unspecified atom stereocenters. The minimum atomic E-state index is -0.793. The first-order valence-corrected chi connectivity index (χ1v) is 15.5. The Kier molecular flexibility index (Phi) is 3.54. The van der Waals surface area contributed by atoms with E-state index in [0.29, 0.717) is 16.3 Å². The molecular formula is C48H30O. The lowest BCUT2D eigenvalue weighted by Crippen LogP contribution is -1.90. The molecule has 0 saturated carbocycles. The first-order chi connectivity index (χ1) is 31.4. The summed E-state index contributed by atoms with van der Waals surface area (Å²) in [5.41, 5.74) is -0.815. The third kappa shape index (κ3) is 4.40. The minimum absolute atomic E-state index is 0.0100. The predicted molar refractivity (Wildman–Crippen MR) is 208 cm³/mol. The zero-order valence-electron chi connectivity index (χ0n) is 42.4. The number of benzene rings is 9. The molecule has 0 amide bonds. The van der Waals surface area contributed by atoms with Crippen LogP contribution < -0.4 is 0 Å². The molecule has 1 heteroatoms. The highest BCUT2D eigenvalue weighted by Crippen LogP contribution is 2.45. The lowest BCUT2D eigenvalue weighted by atomic mass is 9.85. The third-order valence-corrected chi connectivity index (χ3v) is 8.74. The van der Waals surface area contributed by atoms with E-state index in [1.54, 1.807) is 0 Å². The molecule has 0 bridgehead atoms. The molecule has 10 rings (SSSR count). The number of rotatable bonds is 4. The summed E-state index contributed by atoms with van der Waals surface area (Å²) in [6.45, 7) is 0. The summed E-state index contributed by atoms with van der Waals surface area (Å²) in [4.78, 5) is 0. The zero-order valence-corrected chi connectivity index (χ0v) is 25.4. The Bertz CT molecular complexity index is 3760. The second-order valence-electron chi connectivity index (χ2n) is 11.5. The smallest absolute Gasteiger partial charge is 0.143 e. The number of para-hydroxylation sites is 1. The first kappa shape index (κ1) is 15.6. The van der Waals surface area contributed by atoms with E-state index in [4.69, 9.17) is 18.1 Å². The van der Waals surface area contributed by atoms with E-state index in [9.17, 15) is 9.60 Å². The van der Waals surface area contributed by atoms with Gasteiger partial charge in [-0.15, -0.1) is 0 Å². The average Bonchev–Trinajstić information content (AvgIpc) is 3.71. The second kappa shape index (κ2) is 11.1. The van der Waals surface area contributed by atoms with Crippen LogP contribution in [0.25, 0.3) is 98.8 Å². The van der Waals surface area contributed by atoms with Crippen molar-refractivity contribution in [3.8, 4) is 44.5 Å². The number of hydrogen-bond donors (Lipinski definition) is 0. The van der Waals surface area contributed by atoms with Crippen molar-refractivity contribution in [2.24, 2.45) is 0 Å². The molecule has 1 nitrogen and oxygen atoms in total. The van der Waals surface area contributed by atoms with Crippen molar-refractivity contribution in [2.75, 3.05) is 0 Å². The molecule has 0 aliphatic heterocycles. The van der Waals surface area contributed by atoms with Crippen molar-refractivity contribution in [3.05, 3.63) is 182 Å². The summed E-state index contributed by atoms with van der Waals surface area (Å²) < 4.78 is 159. The van der Waals surface area contributed by atoms with Crippen molar-refractivity contribution in [3.63, 3.8) is 0 Å². The molecule has 0 N–H and O–H groups in total. The molecule has 0 spiro atoms.